The minimum Gasteiger partial charge on any atom is -0.463 e. The summed E-state index contributed by atoms with van der Waals surface area (Å²) in [5, 5.41) is 2.94. The normalized spacial score (nSPS) is 24.2. The van der Waals surface area contributed by atoms with Gasteiger partial charge in [-0.3, -0.25) is 19.2 Å². The van der Waals surface area contributed by atoms with E-state index in [9.17, 15) is 19.2 Å². The van der Waals surface area contributed by atoms with Crippen LogP contribution in [0.3, 0.4) is 0 Å². The topological polar surface area (TPSA) is 117 Å². The fourth-order valence-corrected chi connectivity index (χ4v) is 3.62. The van der Waals surface area contributed by atoms with E-state index < -0.39 is 53.8 Å². The Morgan fingerprint density at radius 2 is 1.37 bits per heavy atom. The Morgan fingerprint density at radius 3 is 1.86 bits per heavy atom. The largest absolute Gasteiger partial charge is 0.463 e. The van der Waals surface area contributed by atoms with Gasteiger partial charge in [0.2, 0.25) is 5.91 Å². The number of rotatable bonds is 13. The minimum atomic E-state index is -1.07. The first-order chi connectivity index (χ1) is 16.5. The third kappa shape index (κ3) is 9.99. The van der Waals surface area contributed by atoms with E-state index in [2.05, 4.69) is 11.9 Å². The lowest BCUT2D eigenvalue weighted by Crippen LogP contribution is -2.67. The fourth-order valence-electron chi connectivity index (χ4n) is 3.62. The van der Waals surface area contributed by atoms with Crippen LogP contribution in [-0.2, 0) is 38.1 Å². The quantitative estimate of drug-likeness (QED) is 0.233. The second-order valence-corrected chi connectivity index (χ2v) is 9.83. The summed E-state index contributed by atoms with van der Waals surface area (Å²) in [7, 11) is 0. The number of esters is 3. The second kappa shape index (κ2) is 14.9. The molecular weight excluding hydrogens is 454 g/mol. The molecule has 1 aliphatic rings. The first-order valence-electron chi connectivity index (χ1n) is 12.6. The van der Waals surface area contributed by atoms with Crippen LogP contribution in [0.2, 0.25) is 0 Å². The first-order valence-corrected chi connectivity index (χ1v) is 12.6. The van der Waals surface area contributed by atoms with Gasteiger partial charge in [0.15, 0.2) is 12.2 Å². The molecule has 1 aliphatic heterocycles. The molecule has 0 bridgehead atoms. The van der Waals surface area contributed by atoms with Gasteiger partial charge < -0.3 is 24.3 Å². The molecule has 0 spiro atoms. The molecule has 200 valence electrons. The SMILES string of the molecule is C=CCC1OC(COC(=O)CCC)C(OC(=O)CCC)C(OC(=O)CCC)C1NC(=O)C(C)(C)C. The predicted molar refractivity (Wildman–Crippen MR) is 130 cm³/mol. The Balaban J connectivity index is 3.42. The smallest absolute Gasteiger partial charge is 0.306 e. The minimum absolute atomic E-state index is 0.156. The van der Waals surface area contributed by atoms with Crippen LogP contribution in [0.4, 0.5) is 0 Å². The Hall–Kier alpha value is -2.42. The zero-order chi connectivity index (χ0) is 26.6. The van der Waals surface area contributed by atoms with Crippen molar-refractivity contribution in [3.63, 3.8) is 0 Å². The zero-order valence-electron chi connectivity index (χ0n) is 22.1. The fraction of sp³-hybridized carbons (Fsp3) is 0.769. The Labute approximate surface area is 209 Å². The summed E-state index contributed by atoms with van der Waals surface area (Å²) in [6.45, 7) is 14.4. The van der Waals surface area contributed by atoms with Gasteiger partial charge in [-0.15, -0.1) is 6.58 Å². The maximum absolute atomic E-state index is 12.9. The lowest BCUT2D eigenvalue weighted by Gasteiger charge is -2.46. The molecule has 1 heterocycles. The van der Waals surface area contributed by atoms with Crippen molar-refractivity contribution in [2.24, 2.45) is 5.41 Å². The van der Waals surface area contributed by atoms with Crippen molar-refractivity contribution in [3.05, 3.63) is 12.7 Å². The molecule has 1 N–H and O–H groups in total. The van der Waals surface area contributed by atoms with Gasteiger partial charge in [-0.25, -0.2) is 0 Å². The van der Waals surface area contributed by atoms with E-state index in [1.165, 1.54) is 0 Å². The molecule has 0 saturated carbocycles. The van der Waals surface area contributed by atoms with Crippen LogP contribution >= 0.6 is 0 Å². The number of amides is 1. The number of hydrogen-bond acceptors (Lipinski definition) is 8. The molecule has 5 atom stereocenters. The predicted octanol–water partition coefficient (Wildman–Crippen LogP) is 3.63. The molecule has 0 aromatic heterocycles. The molecule has 0 radical (unpaired) electrons. The summed E-state index contributed by atoms with van der Waals surface area (Å²) in [6.07, 6.45) is 0.629. The van der Waals surface area contributed by atoms with E-state index in [0.717, 1.165) is 0 Å². The van der Waals surface area contributed by atoms with Crippen molar-refractivity contribution < 1.29 is 38.1 Å². The van der Waals surface area contributed by atoms with Gasteiger partial charge in [0, 0.05) is 24.7 Å². The van der Waals surface area contributed by atoms with Crippen molar-refractivity contribution in [2.45, 2.75) is 117 Å². The van der Waals surface area contributed by atoms with Crippen LogP contribution in [0.5, 0.6) is 0 Å². The van der Waals surface area contributed by atoms with Gasteiger partial charge in [-0.1, -0.05) is 47.6 Å². The highest BCUT2D eigenvalue weighted by molar-refractivity contribution is 5.82. The molecule has 0 aromatic carbocycles. The van der Waals surface area contributed by atoms with Gasteiger partial charge >= 0.3 is 17.9 Å². The second-order valence-electron chi connectivity index (χ2n) is 9.83. The molecule has 0 aromatic rings. The highest BCUT2D eigenvalue weighted by Crippen LogP contribution is 2.30. The molecule has 1 amide bonds. The van der Waals surface area contributed by atoms with Crippen molar-refractivity contribution in [1.82, 2.24) is 5.32 Å². The number of nitrogens with one attached hydrogen (secondary N) is 1. The highest BCUT2D eigenvalue weighted by atomic mass is 16.6. The van der Waals surface area contributed by atoms with Crippen molar-refractivity contribution >= 4 is 23.8 Å². The third-order valence-corrected chi connectivity index (χ3v) is 5.48. The van der Waals surface area contributed by atoms with Gasteiger partial charge in [0.25, 0.3) is 0 Å². The number of carbonyl (C=O) groups excluding carboxylic acids is 4. The van der Waals surface area contributed by atoms with Crippen LogP contribution in [0.15, 0.2) is 12.7 Å². The molecule has 1 rings (SSSR count). The number of carbonyl (C=O) groups is 4. The summed E-state index contributed by atoms with van der Waals surface area (Å²) in [5.74, 6) is -1.66. The summed E-state index contributed by atoms with van der Waals surface area (Å²) >= 11 is 0. The van der Waals surface area contributed by atoms with E-state index in [1.807, 2.05) is 20.8 Å². The van der Waals surface area contributed by atoms with Crippen LogP contribution in [0, 0.1) is 5.41 Å². The van der Waals surface area contributed by atoms with Crippen molar-refractivity contribution in [3.8, 4) is 0 Å². The molecule has 9 heteroatoms. The van der Waals surface area contributed by atoms with Crippen LogP contribution in [0.25, 0.3) is 0 Å². The van der Waals surface area contributed by atoms with E-state index >= 15 is 0 Å². The molecule has 9 nitrogen and oxygen atoms in total. The summed E-state index contributed by atoms with van der Waals surface area (Å²) in [4.78, 5) is 50.1. The van der Waals surface area contributed by atoms with Crippen molar-refractivity contribution in [1.29, 1.82) is 0 Å². The molecule has 35 heavy (non-hydrogen) atoms. The molecule has 1 saturated heterocycles. The van der Waals surface area contributed by atoms with Gasteiger partial charge in [-0.05, 0) is 25.7 Å². The van der Waals surface area contributed by atoms with Crippen LogP contribution in [-0.4, -0.2) is 60.9 Å². The average molecular weight is 498 g/mol. The summed E-state index contributed by atoms with van der Waals surface area (Å²) in [6, 6.07) is -0.803. The first kappa shape index (κ1) is 30.6. The Morgan fingerprint density at radius 1 is 0.857 bits per heavy atom. The Bertz CT molecular complexity index is 729. The maximum atomic E-state index is 12.9. The Kier molecular flexibility index (Phi) is 13.0. The van der Waals surface area contributed by atoms with Gasteiger partial charge in [0.1, 0.15) is 12.7 Å². The molecule has 5 unspecified atom stereocenters. The summed E-state index contributed by atoms with van der Waals surface area (Å²) in [5.41, 5.74) is -0.725. The van der Waals surface area contributed by atoms with E-state index in [0.29, 0.717) is 25.7 Å². The maximum Gasteiger partial charge on any atom is 0.306 e. The van der Waals surface area contributed by atoms with E-state index in [4.69, 9.17) is 18.9 Å². The van der Waals surface area contributed by atoms with Gasteiger partial charge in [-0.2, -0.15) is 0 Å². The van der Waals surface area contributed by atoms with Gasteiger partial charge in [0.05, 0.1) is 12.1 Å². The zero-order valence-corrected chi connectivity index (χ0v) is 22.1. The monoisotopic (exact) mass is 497 g/mol. The lowest BCUT2D eigenvalue weighted by molar-refractivity contribution is -0.225. The van der Waals surface area contributed by atoms with Crippen molar-refractivity contribution in [2.75, 3.05) is 6.61 Å². The average Bonchev–Trinajstić information content (AvgIpc) is 2.76. The molecule has 1 fully saturated rings. The molecule has 0 aliphatic carbocycles. The standard InChI is InChI=1S/C26H43NO8/c1-8-12-17-22(27-25(31)26(5,6)7)24(35-21(30)15-11-4)23(34-20(29)14-10-3)18(33-17)16-32-19(28)13-9-2/h8,17-18,22-24H,1,9-16H2,2-7H3,(H,27,31). The number of ether oxygens (including phenoxy) is 4. The van der Waals surface area contributed by atoms with E-state index in [-0.39, 0.29) is 31.8 Å². The highest BCUT2D eigenvalue weighted by Gasteiger charge is 2.51. The van der Waals surface area contributed by atoms with E-state index in [1.54, 1.807) is 26.8 Å². The van der Waals surface area contributed by atoms with Crippen LogP contribution < -0.4 is 5.32 Å². The third-order valence-electron chi connectivity index (χ3n) is 5.48. The van der Waals surface area contributed by atoms with Crippen LogP contribution in [0.1, 0.15) is 86.5 Å². The molecular formula is C26H43NO8. The lowest BCUT2D eigenvalue weighted by atomic mass is 9.88. The summed E-state index contributed by atoms with van der Waals surface area (Å²) < 4.78 is 23.2. The number of hydrogen-bond donors (Lipinski definition) is 1.